The van der Waals surface area contributed by atoms with Gasteiger partial charge in [-0.1, -0.05) is 97.1 Å². The Balaban J connectivity index is 0.000000810. The fraction of sp³-hybridized carbons (Fsp3) is 0.0182. The Hall–Kier alpha value is -8.94. The van der Waals surface area contributed by atoms with Crippen molar-refractivity contribution in [2.45, 2.75) is 0 Å². The summed E-state index contributed by atoms with van der Waals surface area (Å²) in [5.74, 6) is -53.6. The van der Waals surface area contributed by atoms with Crippen molar-refractivity contribution in [1.82, 2.24) is 0 Å². The van der Waals surface area contributed by atoms with E-state index in [4.69, 9.17) is 5.26 Å². The third-order valence-electron chi connectivity index (χ3n) is 12.7. The largest absolute Gasteiger partial charge is 0.208 e. The number of halogens is 20. The predicted octanol–water partition coefficient (Wildman–Crippen LogP) is 12.9. The van der Waals surface area contributed by atoms with Gasteiger partial charge in [0.2, 0.25) is 23.3 Å². The molecule has 2 nitrogen and oxygen atoms in total. The van der Waals surface area contributed by atoms with Gasteiger partial charge in [0, 0.05) is 12.1 Å². The van der Waals surface area contributed by atoms with Gasteiger partial charge in [0.15, 0.2) is 105 Å². The number of nitrogens with zero attached hydrogens (tertiary/aromatic N) is 2. The van der Waals surface area contributed by atoms with Crippen LogP contribution in [0, 0.1) is 128 Å². The zero-order chi connectivity index (χ0) is 57.0. The molecule has 78 heavy (non-hydrogen) atoms. The summed E-state index contributed by atoms with van der Waals surface area (Å²) in [4.78, 5) is 0. The molecule has 0 aliphatic rings. The minimum Gasteiger partial charge on any atom is -0.208 e. The first kappa shape index (κ1) is 55.3. The van der Waals surface area contributed by atoms with E-state index in [1.165, 1.54) is 0 Å². The van der Waals surface area contributed by atoms with Crippen LogP contribution in [0.4, 0.5) is 87.8 Å². The van der Waals surface area contributed by atoms with Crippen molar-refractivity contribution in [2.24, 2.45) is 7.05 Å². The molecule has 0 bridgehead atoms. The van der Waals surface area contributed by atoms with Gasteiger partial charge in [0.25, 0.3) is 0 Å². The maximum absolute atomic E-state index is 16.2. The number of aromatic nitrogens is 1. The van der Waals surface area contributed by atoms with Crippen molar-refractivity contribution in [3.05, 3.63) is 243 Å². The lowest BCUT2D eigenvalue weighted by Crippen LogP contribution is -2.76. The van der Waals surface area contributed by atoms with Crippen molar-refractivity contribution in [3.63, 3.8) is 0 Å². The summed E-state index contributed by atoms with van der Waals surface area (Å²) in [6, 6.07) is 17.3. The van der Waals surface area contributed by atoms with E-state index in [2.05, 4.69) is 0 Å². The van der Waals surface area contributed by atoms with Gasteiger partial charge in [-0.2, -0.15) is 27.1 Å². The summed E-state index contributed by atoms with van der Waals surface area (Å²) in [6.45, 7) is 0. The molecule has 0 unspecified atom stereocenters. The summed E-state index contributed by atoms with van der Waals surface area (Å²) >= 11 is 0. The van der Waals surface area contributed by atoms with Crippen LogP contribution in [0.3, 0.4) is 0 Å². The second kappa shape index (κ2) is 21.2. The SMILES string of the molecule is C[n+]1ccc(C#N)cc1.Fc1c(F)c(F)c(-c2ccccc2[B-](c2ccccc2-c2c(F)c(F)c(F)c(F)c2F)(c2ccccc2-c2c(F)c(F)c(F)c(F)c2F)c2ccccc2-c2c(F)c(F)c(F)c(F)c2F)c(F)c1F. The topological polar surface area (TPSA) is 27.7 Å². The molecule has 1 aromatic heterocycles. The molecule has 0 spiro atoms. The average Bonchev–Trinajstić information content (AvgIpc) is 3.30. The molecule has 0 saturated carbocycles. The van der Waals surface area contributed by atoms with Crippen molar-refractivity contribution < 1.29 is 92.4 Å². The number of hydrogen-bond donors (Lipinski definition) is 0. The molecule has 0 aliphatic carbocycles. The van der Waals surface area contributed by atoms with Gasteiger partial charge in [0.1, 0.15) is 13.2 Å². The van der Waals surface area contributed by atoms with Crippen LogP contribution in [-0.4, -0.2) is 6.15 Å². The fourth-order valence-electron chi connectivity index (χ4n) is 9.36. The Morgan fingerprint density at radius 2 is 0.462 bits per heavy atom. The number of nitriles is 1. The molecular weight excluding hydrogens is 1080 g/mol. The minimum atomic E-state index is -4.79. The van der Waals surface area contributed by atoms with E-state index in [-0.39, 0.29) is 0 Å². The number of hydrogen-bond acceptors (Lipinski definition) is 1. The summed E-state index contributed by atoms with van der Waals surface area (Å²) in [7, 11) is 1.92. The van der Waals surface area contributed by atoms with Gasteiger partial charge in [-0.05, 0) is 22.3 Å². The quantitative estimate of drug-likeness (QED) is 0.0490. The number of benzene rings is 8. The predicted molar refractivity (Wildman–Crippen MR) is 243 cm³/mol. The lowest BCUT2D eigenvalue weighted by molar-refractivity contribution is -0.671. The van der Waals surface area contributed by atoms with E-state index in [1.807, 2.05) is 30.1 Å². The zero-order valence-corrected chi connectivity index (χ0v) is 38.6. The normalized spacial score (nSPS) is 11.4. The Labute approximate surface area is 425 Å². The smallest absolute Gasteiger partial charge is 0.200 e. The van der Waals surface area contributed by atoms with Crippen LogP contribution in [0.25, 0.3) is 44.5 Å². The monoisotopic (exact) mass is 1100 g/mol. The van der Waals surface area contributed by atoms with E-state index < -0.39 is 189 Å². The molecule has 0 aliphatic heterocycles. The zero-order valence-electron chi connectivity index (χ0n) is 38.6. The molecule has 0 N–H and O–H groups in total. The lowest BCUT2D eigenvalue weighted by atomic mass is 9.11. The second-order valence-corrected chi connectivity index (χ2v) is 16.9. The third-order valence-corrected chi connectivity index (χ3v) is 12.7. The Morgan fingerprint density at radius 3 is 0.654 bits per heavy atom. The molecular formula is C55H23BF20N2. The molecule has 9 rings (SSSR count). The van der Waals surface area contributed by atoms with Crippen LogP contribution < -0.4 is 26.4 Å². The van der Waals surface area contributed by atoms with Gasteiger partial charge in [0.05, 0.1) is 33.9 Å². The van der Waals surface area contributed by atoms with E-state index in [0.717, 1.165) is 48.5 Å². The van der Waals surface area contributed by atoms with Gasteiger partial charge in [-0.15, -0.1) is 0 Å². The minimum absolute atomic E-state index is 0.563. The standard InChI is InChI=1S/C48H16BF20.C7H7N2/c50-29-25(30(51)38(59)45(66)37(29)58)17-9-1-5-13-21(17)49(22-14-6-2-10-18(22)26-31(52)39(60)46(67)40(61)32(26)53,23-15-7-3-11-19(23)27-33(54)41(62)47(68)42(63)34(27)55)24-16-8-4-12-20(24)28-35(56)43(64)48(69)44(65)36(28)57;1-9-4-2-7(6-8)3-5-9/h1-16H;2-5H,1H3/q-1;+1. The van der Waals surface area contributed by atoms with E-state index >= 15 is 70.2 Å². The van der Waals surface area contributed by atoms with Crippen molar-refractivity contribution in [1.29, 1.82) is 5.26 Å². The van der Waals surface area contributed by atoms with Crippen molar-refractivity contribution in [2.75, 3.05) is 0 Å². The average molecular weight is 1100 g/mol. The molecule has 0 radical (unpaired) electrons. The highest BCUT2D eigenvalue weighted by Crippen LogP contribution is 2.40. The molecule has 0 fully saturated rings. The molecule has 396 valence electrons. The molecule has 8 aromatic carbocycles. The summed E-state index contributed by atoms with van der Waals surface area (Å²) < 4.78 is 312. The molecule has 0 saturated heterocycles. The van der Waals surface area contributed by atoms with Crippen molar-refractivity contribution in [3.8, 4) is 50.6 Å². The summed E-state index contributed by atoms with van der Waals surface area (Å²) in [5.41, 5.74) is -16.6. The third kappa shape index (κ3) is 8.73. The van der Waals surface area contributed by atoms with Gasteiger partial charge in [-0.3, -0.25) is 0 Å². The number of rotatable bonds is 8. The van der Waals surface area contributed by atoms with Crippen molar-refractivity contribution >= 4 is 28.0 Å². The Bertz CT molecular complexity index is 3400. The number of aryl methyl sites for hydroxylation is 1. The second-order valence-electron chi connectivity index (χ2n) is 16.9. The summed E-state index contributed by atoms with van der Waals surface area (Å²) in [5, 5.41) is 8.37. The molecule has 0 amide bonds. The van der Waals surface area contributed by atoms with Crippen LogP contribution in [0.1, 0.15) is 5.56 Å². The maximum Gasteiger partial charge on any atom is 0.200 e. The van der Waals surface area contributed by atoms with Gasteiger partial charge < -0.3 is 0 Å². The van der Waals surface area contributed by atoms with Crippen LogP contribution in [0.15, 0.2) is 122 Å². The van der Waals surface area contributed by atoms with E-state index in [9.17, 15) is 17.6 Å². The number of pyridine rings is 1. The lowest BCUT2D eigenvalue weighted by Gasteiger charge is -2.49. The summed E-state index contributed by atoms with van der Waals surface area (Å²) in [6.07, 6.45) is -1.09. The maximum atomic E-state index is 16.2. The van der Waals surface area contributed by atoms with E-state index in [1.54, 1.807) is 12.1 Å². The van der Waals surface area contributed by atoms with Crippen LogP contribution in [0.2, 0.25) is 0 Å². The first-order valence-electron chi connectivity index (χ1n) is 21.9. The van der Waals surface area contributed by atoms with E-state index in [0.29, 0.717) is 54.1 Å². The highest BCUT2D eigenvalue weighted by Gasteiger charge is 2.43. The molecule has 23 heteroatoms. The molecule has 9 aromatic rings. The fourth-order valence-corrected chi connectivity index (χ4v) is 9.36. The molecule has 0 atom stereocenters. The first-order chi connectivity index (χ1) is 37.0. The Morgan fingerprint density at radius 1 is 0.282 bits per heavy atom. The van der Waals surface area contributed by atoms with Gasteiger partial charge in [-0.25, -0.2) is 92.4 Å². The Kier molecular flexibility index (Phi) is 15.1. The van der Waals surface area contributed by atoms with Crippen LogP contribution in [0.5, 0.6) is 0 Å². The highest BCUT2D eigenvalue weighted by molar-refractivity contribution is 7.22. The van der Waals surface area contributed by atoms with Crippen LogP contribution in [-0.2, 0) is 7.05 Å². The van der Waals surface area contributed by atoms with Crippen LogP contribution >= 0.6 is 0 Å². The van der Waals surface area contributed by atoms with Gasteiger partial charge >= 0.3 is 0 Å². The highest BCUT2D eigenvalue weighted by atomic mass is 19.2. The molecule has 1 heterocycles. The first-order valence-corrected chi connectivity index (χ1v) is 21.9.